The van der Waals surface area contributed by atoms with Gasteiger partial charge >= 0.3 is 6.18 Å². The Morgan fingerprint density at radius 3 is 2.65 bits per heavy atom. The summed E-state index contributed by atoms with van der Waals surface area (Å²) in [4.78, 5) is 3.96. The van der Waals surface area contributed by atoms with Crippen LogP contribution in [-0.2, 0) is 6.18 Å². The first-order valence-electron chi connectivity index (χ1n) is 6.91. The second kappa shape index (κ2) is 6.20. The number of hydrogen-bond acceptors (Lipinski definition) is 2. The summed E-state index contributed by atoms with van der Waals surface area (Å²) in [6, 6.07) is 2.07. The summed E-state index contributed by atoms with van der Waals surface area (Å²) in [7, 11) is 0. The minimum atomic E-state index is -4.40. The van der Waals surface area contributed by atoms with E-state index in [4.69, 9.17) is 11.6 Å². The maximum Gasteiger partial charge on any atom is 0.416 e. The number of aromatic nitrogens is 1. The molecule has 0 radical (unpaired) electrons. The van der Waals surface area contributed by atoms with Crippen LogP contribution in [-0.4, -0.2) is 11.0 Å². The normalized spacial score (nSPS) is 23.6. The third-order valence-corrected chi connectivity index (χ3v) is 4.08. The number of nitrogens with one attached hydrogen (secondary N) is 1. The van der Waals surface area contributed by atoms with Crippen LogP contribution in [0.4, 0.5) is 19.0 Å². The van der Waals surface area contributed by atoms with Crippen molar-refractivity contribution in [2.75, 3.05) is 5.32 Å². The molecule has 112 valence electrons. The highest BCUT2D eigenvalue weighted by atomic mass is 35.5. The molecule has 0 saturated heterocycles. The van der Waals surface area contributed by atoms with Gasteiger partial charge in [0.2, 0.25) is 0 Å². The highest BCUT2D eigenvalue weighted by molar-refractivity contribution is 6.29. The van der Waals surface area contributed by atoms with Gasteiger partial charge in [0.15, 0.2) is 0 Å². The first kappa shape index (κ1) is 15.4. The van der Waals surface area contributed by atoms with E-state index in [1.165, 1.54) is 6.42 Å². The van der Waals surface area contributed by atoms with Gasteiger partial charge in [-0.2, -0.15) is 13.2 Å². The molecule has 1 aromatic rings. The molecule has 2 rings (SSSR count). The molecule has 20 heavy (non-hydrogen) atoms. The average molecular weight is 307 g/mol. The zero-order valence-corrected chi connectivity index (χ0v) is 12.1. The molecule has 6 heteroatoms. The van der Waals surface area contributed by atoms with E-state index in [0.29, 0.717) is 5.92 Å². The topological polar surface area (TPSA) is 24.9 Å². The number of pyridine rings is 1. The Balaban J connectivity index is 2.18. The standard InChI is InChI=1S/C14H18ClF3N2/c1-2-9-5-3-4-6-11(9)19-13-8-10(14(16,17)18)7-12(15)20-13/h7-9,11H,2-6H2,1H3,(H,19,20). The molecule has 1 N–H and O–H groups in total. The van der Waals surface area contributed by atoms with Crippen molar-refractivity contribution < 1.29 is 13.2 Å². The molecular weight excluding hydrogens is 289 g/mol. The Kier molecular flexibility index (Phi) is 4.78. The van der Waals surface area contributed by atoms with Gasteiger partial charge in [-0.15, -0.1) is 0 Å². The van der Waals surface area contributed by atoms with Gasteiger partial charge < -0.3 is 5.32 Å². The summed E-state index contributed by atoms with van der Waals surface area (Å²) in [5.74, 6) is 0.703. The maximum absolute atomic E-state index is 12.8. The first-order chi connectivity index (χ1) is 9.40. The summed E-state index contributed by atoms with van der Waals surface area (Å²) in [5, 5.41) is 3.01. The second-order valence-electron chi connectivity index (χ2n) is 5.27. The van der Waals surface area contributed by atoms with Gasteiger partial charge in [-0.1, -0.05) is 37.8 Å². The number of nitrogens with zero attached hydrogens (tertiary/aromatic N) is 1. The molecule has 2 atom stereocenters. The average Bonchev–Trinajstić information content (AvgIpc) is 2.37. The molecule has 1 aromatic heterocycles. The van der Waals surface area contributed by atoms with Crippen LogP contribution < -0.4 is 5.32 Å². The third-order valence-electron chi connectivity index (χ3n) is 3.89. The van der Waals surface area contributed by atoms with Crippen molar-refractivity contribution in [2.24, 2.45) is 5.92 Å². The summed E-state index contributed by atoms with van der Waals surface area (Å²) in [5.41, 5.74) is -0.760. The van der Waals surface area contributed by atoms with Crippen molar-refractivity contribution in [2.45, 2.75) is 51.2 Å². The van der Waals surface area contributed by atoms with Gasteiger partial charge in [0.05, 0.1) is 5.56 Å². The molecule has 1 saturated carbocycles. The van der Waals surface area contributed by atoms with Crippen LogP contribution >= 0.6 is 11.6 Å². The molecule has 0 amide bonds. The molecule has 1 aliphatic carbocycles. The fourth-order valence-corrected chi connectivity index (χ4v) is 3.02. The molecular formula is C14H18ClF3N2. The Bertz CT molecular complexity index is 462. The van der Waals surface area contributed by atoms with E-state index in [1.54, 1.807) is 0 Å². The zero-order chi connectivity index (χ0) is 14.8. The number of hydrogen-bond donors (Lipinski definition) is 1. The Morgan fingerprint density at radius 1 is 1.30 bits per heavy atom. The molecule has 2 unspecified atom stereocenters. The lowest BCUT2D eigenvalue weighted by Crippen LogP contribution is -2.32. The van der Waals surface area contributed by atoms with Gasteiger partial charge in [0, 0.05) is 6.04 Å². The van der Waals surface area contributed by atoms with Gasteiger partial charge in [-0.3, -0.25) is 0 Å². The molecule has 0 bridgehead atoms. The van der Waals surface area contributed by atoms with Crippen molar-refractivity contribution in [3.05, 3.63) is 22.8 Å². The van der Waals surface area contributed by atoms with Crippen LogP contribution in [0.25, 0.3) is 0 Å². The van der Waals surface area contributed by atoms with Crippen molar-refractivity contribution in [3.8, 4) is 0 Å². The van der Waals surface area contributed by atoms with E-state index in [1.807, 2.05) is 0 Å². The largest absolute Gasteiger partial charge is 0.416 e. The molecule has 0 aliphatic heterocycles. The fourth-order valence-electron chi connectivity index (χ4n) is 2.81. The van der Waals surface area contributed by atoms with E-state index < -0.39 is 11.7 Å². The van der Waals surface area contributed by atoms with E-state index in [0.717, 1.165) is 37.8 Å². The number of alkyl halides is 3. The third kappa shape index (κ3) is 3.78. The van der Waals surface area contributed by atoms with Crippen LogP contribution in [0.2, 0.25) is 5.15 Å². The number of rotatable bonds is 3. The number of halogens is 4. The molecule has 1 heterocycles. The van der Waals surface area contributed by atoms with Crippen LogP contribution in [0.5, 0.6) is 0 Å². The summed E-state index contributed by atoms with van der Waals surface area (Å²) < 4.78 is 38.3. The quantitative estimate of drug-likeness (QED) is 0.783. The Labute approximate surface area is 121 Å². The van der Waals surface area contributed by atoms with Gasteiger partial charge in [-0.25, -0.2) is 4.98 Å². The summed E-state index contributed by atoms with van der Waals surface area (Å²) in [6.07, 6.45) is 0.979. The summed E-state index contributed by atoms with van der Waals surface area (Å²) in [6.45, 7) is 2.11. The summed E-state index contributed by atoms with van der Waals surface area (Å²) >= 11 is 5.69. The molecule has 0 spiro atoms. The van der Waals surface area contributed by atoms with Crippen molar-refractivity contribution >= 4 is 17.4 Å². The number of anilines is 1. The lowest BCUT2D eigenvalue weighted by molar-refractivity contribution is -0.137. The predicted molar refractivity (Wildman–Crippen MR) is 73.9 cm³/mol. The highest BCUT2D eigenvalue weighted by Crippen LogP contribution is 2.34. The lowest BCUT2D eigenvalue weighted by Gasteiger charge is -2.32. The van der Waals surface area contributed by atoms with Crippen LogP contribution in [0.15, 0.2) is 12.1 Å². The highest BCUT2D eigenvalue weighted by Gasteiger charge is 2.32. The lowest BCUT2D eigenvalue weighted by atomic mass is 9.83. The van der Waals surface area contributed by atoms with Crippen molar-refractivity contribution in [3.63, 3.8) is 0 Å². The van der Waals surface area contributed by atoms with Gasteiger partial charge in [0.25, 0.3) is 0 Å². The van der Waals surface area contributed by atoms with Crippen LogP contribution in [0.3, 0.4) is 0 Å². The van der Waals surface area contributed by atoms with E-state index in [9.17, 15) is 13.2 Å². The monoisotopic (exact) mass is 306 g/mol. The fraction of sp³-hybridized carbons (Fsp3) is 0.643. The van der Waals surface area contributed by atoms with Crippen LogP contribution in [0.1, 0.15) is 44.6 Å². The Morgan fingerprint density at radius 2 is 2.00 bits per heavy atom. The molecule has 1 fully saturated rings. The molecule has 0 aromatic carbocycles. The minimum Gasteiger partial charge on any atom is -0.367 e. The predicted octanol–water partition coefficient (Wildman–Crippen LogP) is 5.13. The SMILES string of the molecule is CCC1CCCCC1Nc1cc(C(F)(F)F)cc(Cl)n1. The second-order valence-corrected chi connectivity index (χ2v) is 5.65. The van der Waals surface area contributed by atoms with E-state index >= 15 is 0 Å². The molecule has 2 nitrogen and oxygen atoms in total. The van der Waals surface area contributed by atoms with Crippen molar-refractivity contribution in [1.82, 2.24) is 4.98 Å². The zero-order valence-electron chi connectivity index (χ0n) is 11.3. The van der Waals surface area contributed by atoms with E-state index in [-0.39, 0.29) is 17.0 Å². The smallest absolute Gasteiger partial charge is 0.367 e. The van der Waals surface area contributed by atoms with Gasteiger partial charge in [0.1, 0.15) is 11.0 Å². The van der Waals surface area contributed by atoms with Crippen molar-refractivity contribution in [1.29, 1.82) is 0 Å². The first-order valence-corrected chi connectivity index (χ1v) is 7.29. The Hall–Kier alpha value is -0.970. The minimum absolute atomic E-state index is 0.133. The molecule has 1 aliphatic rings. The maximum atomic E-state index is 12.8. The van der Waals surface area contributed by atoms with E-state index in [2.05, 4.69) is 17.2 Å². The van der Waals surface area contributed by atoms with Crippen LogP contribution in [0, 0.1) is 5.92 Å². The van der Waals surface area contributed by atoms with Gasteiger partial charge in [-0.05, 0) is 30.9 Å².